The predicted molar refractivity (Wildman–Crippen MR) is 171 cm³/mol. The highest BCUT2D eigenvalue weighted by Crippen LogP contribution is 2.69. The SMILES string of the molecule is C=CCN(C(=O)[C@@H]1[C@H]2C(=O)N(CCCO)C(C(=O)N(CC=C)C(C)(C)CC(C)(C)C)C23S[C@@H]1CC3C)c1ccccc1. The molecule has 1 spiro atoms. The number of anilines is 1. The van der Waals surface area contributed by atoms with Crippen LogP contribution in [0, 0.1) is 23.2 Å². The van der Waals surface area contributed by atoms with Crippen LogP contribution in [0.2, 0.25) is 0 Å². The molecule has 0 aromatic heterocycles. The summed E-state index contributed by atoms with van der Waals surface area (Å²) in [5.41, 5.74) is 0.259. The molecule has 42 heavy (non-hydrogen) atoms. The van der Waals surface area contributed by atoms with Crippen molar-refractivity contribution in [3.05, 3.63) is 55.6 Å². The van der Waals surface area contributed by atoms with Crippen LogP contribution < -0.4 is 4.90 Å². The van der Waals surface area contributed by atoms with Crippen molar-refractivity contribution in [1.82, 2.24) is 9.80 Å². The van der Waals surface area contributed by atoms with Gasteiger partial charge in [-0.25, -0.2) is 0 Å². The standard InChI is InChI=1S/C34H49N3O4S/c1-9-17-35(24-15-12-11-13-16-24)29(39)26-25-21-23(3)34(42-25)27(26)30(40)36(19-14-20-38)28(34)31(41)37(18-10-2)33(7,8)22-32(4,5)6/h9-13,15-16,23,25-28,38H,1-2,14,17-22H2,3-8H3/t23?,25-,26+,27+,28?,34?/m1/s1. The largest absolute Gasteiger partial charge is 0.396 e. The zero-order valence-electron chi connectivity index (χ0n) is 26.2. The lowest BCUT2D eigenvalue weighted by Crippen LogP contribution is -2.61. The van der Waals surface area contributed by atoms with Crippen molar-refractivity contribution in [2.24, 2.45) is 23.2 Å². The Balaban J connectivity index is 1.80. The first-order valence-electron chi connectivity index (χ1n) is 15.2. The van der Waals surface area contributed by atoms with Crippen molar-refractivity contribution < 1.29 is 19.5 Å². The maximum Gasteiger partial charge on any atom is 0.247 e. The van der Waals surface area contributed by atoms with Crippen molar-refractivity contribution in [1.29, 1.82) is 0 Å². The van der Waals surface area contributed by atoms with Crippen LogP contribution in [0.1, 0.15) is 60.8 Å². The number of carbonyl (C=O) groups excluding carboxylic acids is 3. The summed E-state index contributed by atoms with van der Waals surface area (Å²) in [4.78, 5) is 49.1. The van der Waals surface area contributed by atoms with Gasteiger partial charge in [-0.15, -0.1) is 24.9 Å². The Labute approximate surface area is 256 Å². The number of benzene rings is 1. The van der Waals surface area contributed by atoms with Gasteiger partial charge in [0.15, 0.2) is 0 Å². The first kappa shape index (κ1) is 32.3. The Kier molecular flexibility index (Phi) is 9.39. The van der Waals surface area contributed by atoms with Gasteiger partial charge in [-0.2, -0.15) is 0 Å². The molecule has 1 aromatic rings. The van der Waals surface area contributed by atoms with E-state index < -0.39 is 28.2 Å². The average molecular weight is 596 g/mol. The molecule has 7 nitrogen and oxygen atoms in total. The minimum absolute atomic E-state index is 0.0243. The minimum Gasteiger partial charge on any atom is -0.396 e. The topological polar surface area (TPSA) is 81.2 Å². The van der Waals surface area contributed by atoms with Gasteiger partial charge in [-0.1, -0.05) is 58.0 Å². The van der Waals surface area contributed by atoms with Gasteiger partial charge in [0.25, 0.3) is 0 Å². The third kappa shape index (κ3) is 5.57. The number of nitrogens with zero attached hydrogens (tertiary/aromatic N) is 3. The van der Waals surface area contributed by atoms with Gasteiger partial charge < -0.3 is 19.8 Å². The molecule has 3 heterocycles. The van der Waals surface area contributed by atoms with Gasteiger partial charge in [0.05, 0.1) is 16.6 Å². The maximum absolute atomic E-state index is 14.9. The Morgan fingerprint density at radius 3 is 2.31 bits per heavy atom. The van der Waals surface area contributed by atoms with Gasteiger partial charge in [-0.3, -0.25) is 14.4 Å². The van der Waals surface area contributed by atoms with Crippen LogP contribution in [-0.4, -0.2) is 80.4 Å². The molecule has 3 fully saturated rings. The Bertz CT molecular complexity index is 1190. The fourth-order valence-electron chi connectivity index (χ4n) is 8.11. The minimum atomic E-state index is -0.720. The molecule has 4 rings (SSSR count). The molecule has 230 valence electrons. The summed E-state index contributed by atoms with van der Waals surface area (Å²) in [6.45, 7) is 21.6. The zero-order valence-corrected chi connectivity index (χ0v) is 27.0. The molecule has 3 aliphatic heterocycles. The lowest BCUT2D eigenvalue weighted by Gasteiger charge is -2.47. The van der Waals surface area contributed by atoms with Crippen LogP contribution >= 0.6 is 11.8 Å². The van der Waals surface area contributed by atoms with Crippen molar-refractivity contribution in [2.45, 2.75) is 82.4 Å². The lowest BCUT2D eigenvalue weighted by molar-refractivity contribution is -0.146. The first-order chi connectivity index (χ1) is 19.7. The Morgan fingerprint density at radius 2 is 1.74 bits per heavy atom. The van der Waals surface area contributed by atoms with Crippen LogP contribution in [0.15, 0.2) is 55.6 Å². The van der Waals surface area contributed by atoms with Gasteiger partial charge in [-0.05, 0) is 56.6 Å². The molecule has 2 bridgehead atoms. The third-order valence-corrected chi connectivity index (χ3v) is 11.3. The fraction of sp³-hybridized carbons (Fsp3) is 0.618. The van der Waals surface area contributed by atoms with E-state index in [1.165, 1.54) is 0 Å². The quantitative estimate of drug-likeness (QED) is 0.338. The van der Waals surface area contributed by atoms with Crippen molar-refractivity contribution >= 4 is 35.2 Å². The summed E-state index contributed by atoms with van der Waals surface area (Å²) >= 11 is 1.69. The van der Waals surface area contributed by atoms with E-state index in [0.717, 1.165) is 18.5 Å². The van der Waals surface area contributed by atoms with E-state index in [2.05, 4.69) is 54.7 Å². The van der Waals surface area contributed by atoms with E-state index in [4.69, 9.17) is 0 Å². The molecule has 3 unspecified atom stereocenters. The van der Waals surface area contributed by atoms with Crippen LogP contribution in [0.3, 0.4) is 0 Å². The van der Waals surface area contributed by atoms with Crippen LogP contribution in [0.5, 0.6) is 0 Å². The Morgan fingerprint density at radius 1 is 1.10 bits per heavy atom. The first-order valence-corrected chi connectivity index (χ1v) is 16.1. The van der Waals surface area contributed by atoms with Gasteiger partial charge in [0.1, 0.15) is 6.04 Å². The van der Waals surface area contributed by atoms with Crippen molar-refractivity contribution in [3.8, 4) is 0 Å². The second-order valence-electron chi connectivity index (χ2n) is 14.0. The second-order valence-corrected chi connectivity index (χ2v) is 15.6. The van der Waals surface area contributed by atoms with E-state index in [-0.39, 0.29) is 47.5 Å². The number of amides is 3. The van der Waals surface area contributed by atoms with E-state index in [1.807, 2.05) is 35.2 Å². The normalized spacial score (nSPS) is 28.5. The van der Waals surface area contributed by atoms with Gasteiger partial charge in [0.2, 0.25) is 17.7 Å². The molecule has 0 radical (unpaired) electrons. The summed E-state index contributed by atoms with van der Waals surface area (Å²) in [6.07, 6.45) is 5.39. The Hall–Kier alpha value is -2.58. The zero-order chi connectivity index (χ0) is 31.0. The number of hydrogen-bond donors (Lipinski definition) is 1. The highest BCUT2D eigenvalue weighted by atomic mass is 32.2. The molecule has 0 saturated carbocycles. The number of fused-ring (bicyclic) bond motifs is 1. The number of aliphatic hydroxyl groups is 1. The molecule has 1 N–H and O–H groups in total. The molecule has 6 atom stereocenters. The summed E-state index contributed by atoms with van der Waals surface area (Å²) in [5.74, 6) is -1.39. The molecular weight excluding hydrogens is 546 g/mol. The van der Waals surface area contributed by atoms with Gasteiger partial charge >= 0.3 is 0 Å². The molecular formula is C34H49N3O4S. The summed E-state index contributed by atoms with van der Waals surface area (Å²) in [7, 11) is 0. The highest BCUT2D eigenvalue weighted by molar-refractivity contribution is 8.02. The number of thioether (sulfide) groups is 1. The van der Waals surface area contributed by atoms with Gasteiger partial charge in [0, 0.05) is 42.7 Å². The number of likely N-dealkylation sites (tertiary alicyclic amines) is 1. The van der Waals surface area contributed by atoms with E-state index in [9.17, 15) is 19.5 Å². The molecule has 3 saturated heterocycles. The molecule has 3 aliphatic rings. The van der Waals surface area contributed by atoms with E-state index >= 15 is 0 Å². The summed E-state index contributed by atoms with van der Waals surface area (Å²) in [6, 6.07) is 8.81. The second kappa shape index (κ2) is 12.2. The molecule has 1 aromatic carbocycles. The number of aliphatic hydroxyl groups excluding tert-OH is 1. The van der Waals surface area contributed by atoms with Crippen LogP contribution in [0.25, 0.3) is 0 Å². The number of carbonyl (C=O) groups is 3. The number of para-hydroxylation sites is 1. The number of hydrogen-bond acceptors (Lipinski definition) is 5. The molecule has 3 amide bonds. The van der Waals surface area contributed by atoms with E-state index in [1.54, 1.807) is 33.7 Å². The highest BCUT2D eigenvalue weighted by Gasteiger charge is 2.76. The lowest BCUT2D eigenvalue weighted by atomic mass is 9.65. The fourth-order valence-corrected chi connectivity index (χ4v) is 10.5. The molecule has 8 heteroatoms. The van der Waals surface area contributed by atoms with Crippen LogP contribution in [-0.2, 0) is 14.4 Å². The monoisotopic (exact) mass is 595 g/mol. The number of rotatable bonds is 12. The molecule has 0 aliphatic carbocycles. The summed E-state index contributed by atoms with van der Waals surface area (Å²) < 4.78 is -0.720. The maximum atomic E-state index is 14.9. The van der Waals surface area contributed by atoms with Crippen molar-refractivity contribution in [2.75, 3.05) is 31.1 Å². The third-order valence-electron chi connectivity index (χ3n) is 9.24. The van der Waals surface area contributed by atoms with Crippen LogP contribution in [0.4, 0.5) is 5.69 Å². The summed E-state index contributed by atoms with van der Waals surface area (Å²) in [5, 5.41) is 9.70. The predicted octanol–water partition coefficient (Wildman–Crippen LogP) is 5.15. The van der Waals surface area contributed by atoms with Crippen molar-refractivity contribution in [3.63, 3.8) is 0 Å². The van der Waals surface area contributed by atoms with E-state index in [0.29, 0.717) is 19.5 Å². The smallest absolute Gasteiger partial charge is 0.247 e. The average Bonchev–Trinajstić information content (AvgIpc) is 3.51.